The molecule has 0 aromatic heterocycles. The van der Waals surface area contributed by atoms with Crippen LogP contribution in [0.25, 0.3) is 0 Å². The minimum atomic E-state index is 0.247. The molecule has 0 unspecified atom stereocenters. The summed E-state index contributed by atoms with van der Waals surface area (Å²) in [4.78, 5) is 13.6. The first-order valence-corrected chi connectivity index (χ1v) is 5.47. The van der Waals surface area contributed by atoms with Gasteiger partial charge >= 0.3 is 0 Å². The number of amides is 1. The maximum absolute atomic E-state index is 11.7. The van der Waals surface area contributed by atoms with E-state index in [0.29, 0.717) is 6.42 Å². The van der Waals surface area contributed by atoms with Gasteiger partial charge in [-0.2, -0.15) is 0 Å². The lowest BCUT2D eigenvalue weighted by Gasteiger charge is -2.19. The van der Waals surface area contributed by atoms with Crippen LogP contribution in [0.3, 0.4) is 0 Å². The van der Waals surface area contributed by atoms with Crippen molar-refractivity contribution in [3.05, 3.63) is 36.0 Å². The van der Waals surface area contributed by atoms with E-state index >= 15 is 0 Å². The van der Waals surface area contributed by atoms with Crippen molar-refractivity contribution in [3.8, 4) is 0 Å². The summed E-state index contributed by atoms with van der Waals surface area (Å²) in [5.41, 5.74) is 2.43. The fourth-order valence-electron chi connectivity index (χ4n) is 1.84. The van der Waals surface area contributed by atoms with E-state index in [9.17, 15) is 4.79 Å². The molecule has 15 heavy (non-hydrogen) atoms. The highest BCUT2D eigenvalue weighted by Crippen LogP contribution is 2.20. The largest absolute Gasteiger partial charge is 0.339 e. The Morgan fingerprint density at radius 1 is 1.40 bits per heavy atom. The van der Waals surface area contributed by atoms with Crippen molar-refractivity contribution >= 4 is 5.91 Å². The average molecular weight is 205 g/mol. The summed E-state index contributed by atoms with van der Waals surface area (Å²) in [7, 11) is 0. The van der Waals surface area contributed by atoms with Crippen molar-refractivity contribution in [2.24, 2.45) is 0 Å². The Bertz CT molecular complexity index is 312. The van der Waals surface area contributed by atoms with Crippen molar-refractivity contribution in [1.29, 1.82) is 0 Å². The maximum atomic E-state index is 11.7. The van der Waals surface area contributed by atoms with Gasteiger partial charge in [0.15, 0.2) is 0 Å². The predicted molar refractivity (Wildman–Crippen MR) is 63.5 cm³/mol. The molecule has 0 aromatic carbocycles. The highest BCUT2D eigenvalue weighted by molar-refractivity contribution is 5.77. The van der Waals surface area contributed by atoms with E-state index in [-0.39, 0.29) is 5.91 Å². The molecule has 0 radical (unpaired) electrons. The van der Waals surface area contributed by atoms with Gasteiger partial charge in [0.2, 0.25) is 5.91 Å². The normalized spacial score (nSPS) is 18.5. The van der Waals surface area contributed by atoms with E-state index in [4.69, 9.17) is 0 Å². The molecule has 2 nitrogen and oxygen atoms in total. The second kappa shape index (κ2) is 5.54. The molecule has 1 rings (SSSR count). The molecule has 1 aliphatic heterocycles. The first-order chi connectivity index (χ1) is 7.22. The third kappa shape index (κ3) is 2.82. The van der Waals surface area contributed by atoms with Crippen molar-refractivity contribution in [1.82, 2.24) is 4.90 Å². The van der Waals surface area contributed by atoms with Crippen LogP contribution in [-0.2, 0) is 4.79 Å². The Morgan fingerprint density at radius 3 is 2.67 bits per heavy atom. The smallest absolute Gasteiger partial charge is 0.223 e. The molecule has 82 valence electrons. The summed E-state index contributed by atoms with van der Waals surface area (Å²) < 4.78 is 0. The minimum absolute atomic E-state index is 0.247. The van der Waals surface area contributed by atoms with E-state index in [1.807, 2.05) is 30.9 Å². The van der Waals surface area contributed by atoms with Crippen molar-refractivity contribution in [2.75, 3.05) is 13.1 Å². The van der Waals surface area contributed by atoms with Crippen LogP contribution in [-0.4, -0.2) is 23.9 Å². The monoisotopic (exact) mass is 205 g/mol. The minimum Gasteiger partial charge on any atom is -0.339 e. The van der Waals surface area contributed by atoms with Gasteiger partial charge in [0, 0.05) is 19.5 Å². The lowest BCUT2D eigenvalue weighted by Crippen LogP contribution is -2.30. The van der Waals surface area contributed by atoms with Crippen LogP contribution in [0, 0.1) is 0 Å². The van der Waals surface area contributed by atoms with Crippen molar-refractivity contribution in [2.45, 2.75) is 26.7 Å². The molecule has 2 heteroatoms. The van der Waals surface area contributed by atoms with Gasteiger partial charge in [0.1, 0.15) is 0 Å². The zero-order valence-corrected chi connectivity index (χ0v) is 9.62. The molecule has 0 fully saturated rings. The summed E-state index contributed by atoms with van der Waals surface area (Å²) in [6, 6.07) is 0. The predicted octanol–water partition coefficient (Wildman–Crippen LogP) is 2.69. The van der Waals surface area contributed by atoms with Gasteiger partial charge in [-0.1, -0.05) is 24.8 Å². The van der Waals surface area contributed by atoms with Crippen LogP contribution in [0.15, 0.2) is 36.0 Å². The lowest BCUT2D eigenvalue weighted by molar-refractivity contribution is -0.130. The van der Waals surface area contributed by atoms with Gasteiger partial charge in [-0.25, -0.2) is 0 Å². The summed E-state index contributed by atoms with van der Waals surface area (Å²) >= 11 is 0. The van der Waals surface area contributed by atoms with Gasteiger partial charge in [0.05, 0.1) is 0 Å². The molecule has 0 atom stereocenters. The Hall–Kier alpha value is -1.31. The van der Waals surface area contributed by atoms with E-state index in [1.165, 1.54) is 11.1 Å². The second-order valence-electron chi connectivity index (χ2n) is 3.66. The number of carbonyl (C=O) groups excluding carboxylic acids is 1. The average Bonchev–Trinajstić information content (AvgIpc) is 2.39. The van der Waals surface area contributed by atoms with Crippen LogP contribution < -0.4 is 0 Å². The third-order valence-corrected chi connectivity index (χ3v) is 2.73. The molecule has 0 aromatic rings. The Kier molecular flexibility index (Phi) is 4.35. The van der Waals surface area contributed by atoms with E-state index in [2.05, 4.69) is 12.7 Å². The van der Waals surface area contributed by atoms with E-state index in [1.54, 1.807) is 0 Å². The number of rotatable bonds is 3. The number of hydrogen-bond donors (Lipinski definition) is 0. The summed E-state index contributed by atoms with van der Waals surface area (Å²) in [6.45, 7) is 9.33. The van der Waals surface area contributed by atoms with E-state index < -0.39 is 0 Å². The fourth-order valence-corrected chi connectivity index (χ4v) is 1.84. The maximum Gasteiger partial charge on any atom is 0.223 e. The highest BCUT2D eigenvalue weighted by atomic mass is 16.2. The summed E-state index contributed by atoms with van der Waals surface area (Å²) in [6.07, 6.45) is 7.40. The number of likely N-dealkylation sites (N-methyl/N-ethyl adjacent to an activating group) is 1. The SMILES string of the molecule is C=CC1=C(/C=C\C)CN(CC)C(=O)CC1. The topological polar surface area (TPSA) is 20.3 Å². The van der Waals surface area contributed by atoms with E-state index in [0.717, 1.165) is 19.5 Å². The highest BCUT2D eigenvalue weighted by Gasteiger charge is 2.18. The molecule has 0 bridgehead atoms. The standard InChI is InChI=1S/C13H19NO/c1-4-7-12-10-14(6-3)13(15)9-8-11(12)5-2/h4-5,7H,2,6,8-10H2,1,3H3/b7-4-. The number of carbonyl (C=O) groups is 1. The Balaban J connectivity index is 2.97. The molecule has 0 N–H and O–H groups in total. The molecular formula is C13H19NO. The fraction of sp³-hybridized carbons (Fsp3) is 0.462. The Morgan fingerprint density at radius 2 is 2.13 bits per heavy atom. The third-order valence-electron chi connectivity index (χ3n) is 2.73. The molecule has 0 saturated heterocycles. The van der Waals surface area contributed by atoms with Crippen LogP contribution >= 0.6 is 0 Å². The van der Waals surface area contributed by atoms with Gasteiger partial charge in [-0.3, -0.25) is 4.79 Å². The van der Waals surface area contributed by atoms with Crippen LogP contribution in [0.5, 0.6) is 0 Å². The first kappa shape index (κ1) is 11.8. The van der Waals surface area contributed by atoms with Gasteiger partial charge in [-0.15, -0.1) is 0 Å². The molecule has 1 amide bonds. The molecule has 1 aliphatic rings. The van der Waals surface area contributed by atoms with Crippen LogP contribution in [0.1, 0.15) is 26.7 Å². The first-order valence-electron chi connectivity index (χ1n) is 5.47. The zero-order valence-electron chi connectivity index (χ0n) is 9.62. The summed E-state index contributed by atoms with van der Waals surface area (Å²) in [5, 5.41) is 0. The zero-order chi connectivity index (χ0) is 11.3. The van der Waals surface area contributed by atoms with Gasteiger partial charge in [-0.05, 0) is 31.4 Å². The lowest BCUT2D eigenvalue weighted by atomic mass is 10.0. The number of nitrogens with zero attached hydrogens (tertiary/aromatic N) is 1. The van der Waals surface area contributed by atoms with Crippen LogP contribution in [0.2, 0.25) is 0 Å². The molecule has 0 saturated carbocycles. The second-order valence-corrected chi connectivity index (χ2v) is 3.66. The summed E-state index contributed by atoms with van der Waals surface area (Å²) in [5.74, 6) is 0.247. The van der Waals surface area contributed by atoms with Gasteiger partial charge in [0.25, 0.3) is 0 Å². The van der Waals surface area contributed by atoms with Gasteiger partial charge < -0.3 is 4.90 Å². The molecular weight excluding hydrogens is 186 g/mol. The molecule has 0 aliphatic carbocycles. The number of hydrogen-bond acceptors (Lipinski definition) is 1. The number of allylic oxidation sites excluding steroid dienone is 3. The van der Waals surface area contributed by atoms with Crippen LogP contribution in [0.4, 0.5) is 0 Å². The molecule has 0 spiro atoms. The van der Waals surface area contributed by atoms with Crippen molar-refractivity contribution in [3.63, 3.8) is 0 Å². The molecule has 1 heterocycles. The van der Waals surface area contributed by atoms with Crippen molar-refractivity contribution < 1.29 is 4.79 Å². The quantitative estimate of drug-likeness (QED) is 0.693. The Labute approximate surface area is 92.0 Å².